The lowest BCUT2D eigenvalue weighted by atomic mass is 9.43. The van der Waals surface area contributed by atoms with Crippen LogP contribution < -0.4 is 0 Å². The van der Waals surface area contributed by atoms with E-state index in [2.05, 4.69) is 41.5 Å². The highest BCUT2D eigenvalue weighted by atomic mass is 32.2. The Morgan fingerprint density at radius 1 is 0.812 bits per heavy atom. The van der Waals surface area contributed by atoms with Gasteiger partial charge in [-0.15, -0.1) is 0 Å². The van der Waals surface area contributed by atoms with Crippen molar-refractivity contribution >= 4 is 9.84 Å². The van der Waals surface area contributed by atoms with Crippen LogP contribution >= 0.6 is 0 Å². The second kappa shape index (κ2) is 12.2. The van der Waals surface area contributed by atoms with E-state index in [9.17, 15) is 31.8 Å². The van der Waals surface area contributed by atoms with Crippen molar-refractivity contribution in [3.05, 3.63) is 30.3 Å². The number of fused-ring (bicyclic) bond motifs is 5. The maximum atomic E-state index is 14.6. The highest BCUT2D eigenvalue weighted by molar-refractivity contribution is 7.92. The molecule has 5 aliphatic carbocycles. The van der Waals surface area contributed by atoms with E-state index in [4.69, 9.17) is 0 Å². The van der Waals surface area contributed by atoms with Gasteiger partial charge in [-0.25, -0.2) is 8.42 Å². The van der Waals surface area contributed by atoms with E-state index >= 15 is 0 Å². The zero-order chi connectivity index (χ0) is 35.1. The van der Waals surface area contributed by atoms with Crippen molar-refractivity contribution in [2.75, 3.05) is 0 Å². The highest BCUT2D eigenvalue weighted by Gasteiger charge is 2.65. The Morgan fingerprint density at radius 3 is 2.04 bits per heavy atom. The van der Waals surface area contributed by atoms with Gasteiger partial charge in [0.05, 0.1) is 15.7 Å². The summed E-state index contributed by atoms with van der Waals surface area (Å²) in [4.78, 5) is 0.333. The number of halogens is 3. The maximum absolute atomic E-state index is 14.6. The largest absolute Gasteiger partial charge is 0.417 e. The molecule has 0 heterocycles. The first kappa shape index (κ1) is 36.7. The molecule has 0 radical (unpaired) electrons. The fourth-order valence-corrected chi connectivity index (χ4v) is 14.8. The van der Waals surface area contributed by atoms with Gasteiger partial charge < -0.3 is 10.2 Å². The first-order valence-corrected chi connectivity index (χ1v) is 20.5. The number of alkyl halides is 3. The Labute approximate surface area is 288 Å². The molecule has 8 heteroatoms. The van der Waals surface area contributed by atoms with Gasteiger partial charge in [-0.3, -0.25) is 0 Å². The van der Waals surface area contributed by atoms with Crippen LogP contribution in [0.15, 0.2) is 35.2 Å². The van der Waals surface area contributed by atoms with Crippen LogP contribution in [0.25, 0.3) is 0 Å². The molecule has 5 aliphatic rings. The third kappa shape index (κ3) is 6.11. The summed E-state index contributed by atoms with van der Waals surface area (Å²) in [6.07, 6.45) is 4.21. The van der Waals surface area contributed by atoms with Gasteiger partial charge in [-0.2, -0.15) is 13.2 Å². The number of aliphatic hydroxyl groups is 2. The van der Waals surface area contributed by atoms with Gasteiger partial charge in [0.15, 0.2) is 15.4 Å². The SMILES string of the molecule is C[C@H](C(CC1(O)CCC(C(C)(C)C)CC1)S(=O)(=O)c1ccccc1)[C@H]1CC[C@H]2[C@@H]3CC[C@H]4C[C@](O)(C(F)(F)F)CC[C@]4(C)[C@H]3CC[C@]12C. The Morgan fingerprint density at radius 2 is 1.44 bits per heavy atom. The van der Waals surface area contributed by atoms with E-state index in [1.807, 2.05) is 6.07 Å². The molecule has 6 rings (SSSR count). The first-order chi connectivity index (χ1) is 22.1. The molecule has 5 saturated carbocycles. The van der Waals surface area contributed by atoms with Crippen molar-refractivity contribution in [1.29, 1.82) is 0 Å². The normalized spacial score (nSPS) is 43.5. The Kier molecular flexibility index (Phi) is 9.35. The van der Waals surface area contributed by atoms with Crippen molar-refractivity contribution in [3.63, 3.8) is 0 Å². The van der Waals surface area contributed by atoms with Crippen LogP contribution in [0.1, 0.15) is 131 Å². The summed E-state index contributed by atoms with van der Waals surface area (Å²) >= 11 is 0. The van der Waals surface area contributed by atoms with E-state index in [1.165, 1.54) is 0 Å². The maximum Gasteiger partial charge on any atom is 0.417 e. The van der Waals surface area contributed by atoms with Gasteiger partial charge in [0.25, 0.3) is 0 Å². The summed E-state index contributed by atoms with van der Waals surface area (Å²) in [6, 6.07) is 8.80. The Bertz CT molecular complexity index is 1410. The van der Waals surface area contributed by atoms with Crippen molar-refractivity contribution in [2.24, 2.45) is 57.7 Å². The molecule has 1 unspecified atom stereocenters. The summed E-state index contributed by atoms with van der Waals surface area (Å²) in [7, 11) is -3.73. The minimum atomic E-state index is -4.60. The minimum absolute atomic E-state index is 0.0534. The fraction of sp³-hybridized carbons (Fsp3) is 0.850. The second-order valence-electron chi connectivity index (χ2n) is 18.9. The zero-order valence-electron chi connectivity index (χ0n) is 30.2. The fourth-order valence-electron chi connectivity index (χ4n) is 12.6. The molecule has 1 aromatic carbocycles. The van der Waals surface area contributed by atoms with E-state index < -0.39 is 32.5 Å². The molecular formula is C40H61F3O4S. The molecule has 5 fully saturated rings. The number of rotatable bonds is 6. The summed E-state index contributed by atoms with van der Waals surface area (Å²) < 4.78 is 70.8. The molecule has 10 atom stereocenters. The molecule has 0 amide bonds. The monoisotopic (exact) mass is 694 g/mol. The average Bonchev–Trinajstić information content (AvgIpc) is 3.37. The van der Waals surface area contributed by atoms with Crippen LogP contribution in [0.3, 0.4) is 0 Å². The molecule has 0 aromatic heterocycles. The van der Waals surface area contributed by atoms with E-state index in [-0.39, 0.29) is 53.3 Å². The van der Waals surface area contributed by atoms with Crippen molar-refractivity contribution in [3.8, 4) is 0 Å². The summed E-state index contributed by atoms with van der Waals surface area (Å²) in [6.45, 7) is 13.5. The number of hydrogen-bond donors (Lipinski definition) is 2. The topological polar surface area (TPSA) is 74.6 Å². The van der Waals surface area contributed by atoms with Crippen LogP contribution in [0.2, 0.25) is 0 Å². The predicted octanol–water partition coefficient (Wildman–Crippen LogP) is 9.77. The number of sulfone groups is 1. The highest BCUT2D eigenvalue weighted by Crippen LogP contribution is 2.69. The van der Waals surface area contributed by atoms with Gasteiger partial charge in [-0.1, -0.05) is 59.7 Å². The van der Waals surface area contributed by atoms with E-state index in [0.29, 0.717) is 47.8 Å². The van der Waals surface area contributed by atoms with Gasteiger partial charge >= 0.3 is 6.18 Å². The first-order valence-electron chi connectivity index (χ1n) is 19.0. The van der Waals surface area contributed by atoms with Crippen LogP contribution in [-0.4, -0.2) is 41.3 Å². The average molecular weight is 695 g/mol. The van der Waals surface area contributed by atoms with Crippen LogP contribution in [0.5, 0.6) is 0 Å². The van der Waals surface area contributed by atoms with Crippen molar-refractivity contribution < 1.29 is 31.8 Å². The lowest BCUT2D eigenvalue weighted by Gasteiger charge is -2.62. The van der Waals surface area contributed by atoms with E-state index in [1.54, 1.807) is 24.3 Å². The standard InChI is InChI=1S/C40H61F3O4S/c1-26(34(48(46,47)29-10-8-7-9-11-29)25-38(44)20-16-27(17-21-38)35(2,3)4)31-14-15-32-30-13-12-28-24-39(45,40(41,42)43)23-22-36(28,5)33(30)18-19-37(31,32)6/h7-11,26-28,30-34,44-45H,12-25H2,1-6H3/t26-,27?,28-,30-,31+,32-,33-,34?,36-,37+,38?,39-/m0/s1. The molecule has 272 valence electrons. The third-order valence-corrected chi connectivity index (χ3v) is 18.1. The van der Waals surface area contributed by atoms with E-state index in [0.717, 1.165) is 51.4 Å². The van der Waals surface area contributed by atoms with Crippen molar-refractivity contribution in [2.45, 2.75) is 159 Å². The number of hydrogen-bond acceptors (Lipinski definition) is 4. The Balaban J connectivity index is 1.25. The van der Waals surface area contributed by atoms with Gasteiger partial charge in [0.1, 0.15) is 0 Å². The smallest absolute Gasteiger partial charge is 0.390 e. The molecule has 0 aliphatic heterocycles. The van der Waals surface area contributed by atoms with Gasteiger partial charge in [-0.05, 0) is 160 Å². The zero-order valence-corrected chi connectivity index (χ0v) is 31.0. The molecule has 0 bridgehead atoms. The summed E-state index contributed by atoms with van der Waals surface area (Å²) in [5.41, 5.74) is -3.69. The van der Waals surface area contributed by atoms with Crippen molar-refractivity contribution in [1.82, 2.24) is 0 Å². The van der Waals surface area contributed by atoms with Crippen LogP contribution in [0.4, 0.5) is 13.2 Å². The molecule has 0 spiro atoms. The third-order valence-electron chi connectivity index (χ3n) is 15.7. The predicted molar refractivity (Wildman–Crippen MR) is 184 cm³/mol. The molecular weight excluding hydrogens is 633 g/mol. The summed E-state index contributed by atoms with van der Waals surface area (Å²) in [5.74, 6) is 1.59. The minimum Gasteiger partial charge on any atom is -0.390 e. The molecule has 1 aromatic rings. The lowest BCUT2D eigenvalue weighted by Crippen LogP contribution is -2.59. The van der Waals surface area contributed by atoms with Crippen LogP contribution in [-0.2, 0) is 9.84 Å². The summed E-state index contributed by atoms with van der Waals surface area (Å²) in [5, 5.41) is 22.0. The van der Waals surface area contributed by atoms with Gasteiger partial charge in [0.2, 0.25) is 0 Å². The Hall–Kier alpha value is -1.12. The quantitative estimate of drug-likeness (QED) is 0.311. The molecule has 48 heavy (non-hydrogen) atoms. The van der Waals surface area contributed by atoms with Crippen LogP contribution in [0, 0.1) is 57.7 Å². The number of benzene rings is 1. The molecule has 2 N–H and O–H groups in total. The van der Waals surface area contributed by atoms with Gasteiger partial charge in [0, 0.05) is 0 Å². The second-order valence-corrected chi connectivity index (χ2v) is 21.1. The molecule has 4 nitrogen and oxygen atoms in total. The lowest BCUT2D eigenvalue weighted by molar-refractivity contribution is -0.290. The molecule has 0 saturated heterocycles.